The summed E-state index contributed by atoms with van der Waals surface area (Å²) in [7, 11) is 0. The number of nitrogens with zero attached hydrogens (tertiary/aromatic N) is 1. The fraction of sp³-hybridized carbons (Fsp3) is 0.0435. The molecule has 0 saturated carbocycles. The van der Waals surface area contributed by atoms with Crippen LogP contribution in [0, 0.1) is 0 Å². The Balaban J connectivity index is 1.40. The molecule has 0 spiro atoms. The van der Waals surface area contributed by atoms with Gasteiger partial charge in [0.1, 0.15) is 12.4 Å². The van der Waals surface area contributed by atoms with Gasteiger partial charge in [0.05, 0.1) is 10.6 Å². The Morgan fingerprint density at radius 2 is 1.65 bits per heavy atom. The average molecular weight is 623 g/mol. The van der Waals surface area contributed by atoms with Crippen LogP contribution >= 0.6 is 59.6 Å². The van der Waals surface area contributed by atoms with Gasteiger partial charge in [-0.2, -0.15) is 0 Å². The van der Waals surface area contributed by atoms with E-state index in [1.807, 2.05) is 72.8 Å². The van der Waals surface area contributed by atoms with Crippen molar-refractivity contribution in [2.75, 3.05) is 0 Å². The molecule has 3 aromatic carbocycles. The summed E-state index contributed by atoms with van der Waals surface area (Å²) >= 11 is 11.7. The van der Waals surface area contributed by atoms with Crippen molar-refractivity contribution >= 4 is 82.4 Å². The minimum absolute atomic E-state index is 0.152. The van der Waals surface area contributed by atoms with Crippen molar-refractivity contribution < 1.29 is 9.53 Å². The number of halogens is 3. The Morgan fingerprint density at radius 1 is 0.935 bits per heavy atom. The zero-order chi connectivity index (χ0) is 21.8. The smallest absolute Gasteiger partial charge is 0.264 e. The molecule has 1 aliphatic rings. The summed E-state index contributed by atoms with van der Waals surface area (Å²) in [5, 5.41) is 3.38. The third kappa shape index (κ3) is 6.10. The molecule has 156 valence electrons. The molecular formula is C23H15Br3N2O2S. The summed E-state index contributed by atoms with van der Waals surface area (Å²) in [6, 6.07) is 21.2. The molecule has 0 atom stereocenters. The van der Waals surface area contributed by atoms with Gasteiger partial charge in [-0.05, 0) is 71.9 Å². The molecule has 1 N–H and O–H groups in total. The average Bonchev–Trinajstić information content (AvgIpc) is 3.09. The van der Waals surface area contributed by atoms with Gasteiger partial charge >= 0.3 is 0 Å². The van der Waals surface area contributed by atoms with E-state index < -0.39 is 0 Å². The highest BCUT2D eigenvalue weighted by Gasteiger charge is 2.23. The van der Waals surface area contributed by atoms with Crippen LogP contribution in [-0.4, -0.2) is 11.1 Å². The van der Waals surface area contributed by atoms with E-state index >= 15 is 0 Å². The molecule has 0 bridgehead atoms. The number of aliphatic imine (C=N–C) groups is 1. The Morgan fingerprint density at radius 3 is 2.35 bits per heavy atom. The molecule has 1 fully saturated rings. The van der Waals surface area contributed by atoms with Gasteiger partial charge in [-0.15, -0.1) is 0 Å². The first-order valence-corrected chi connectivity index (χ1v) is 12.4. The molecule has 0 aliphatic carbocycles. The zero-order valence-corrected chi connectivity index (χ0v) is 21.5. The number of thioether (sulfide) groups is 1. The van der Waals surface area contributed by atoms with Crippen LogP contribution in [0.2, 0.25) is 0 Å². The molecule has 1 aliphatic heterocycles. The van der Waals surface area contributed by atoms with E-state index in [2.05, 4.69) is 58.1 Å². The summed E-state index contributed by atoms with van der Waals surface area (Å²) < 4.78 is 8.87. The minimum Gasteiger partial charge on any atom is -0.489 e. The summed E-state index contributed by atoms with van der Waals surface area (Å²) in [6.45, 7) is 0.461. The maximum absolute atomic E-state index is 12.3. The maximum atomic E-state index is 12.3. The van der Waals surface area contributed by atoms with Crippen molar-refractivity contribution in [2.45, 2.75) is 6.61 Å². The van der Waals surface area contributed by atoms with Crippen LogP contribution in [0.1, 0.15) is 11.1 Å². The van der Waals surface area contributed by atoms with E-state index in [0.717, 1.165) is 36.0 Å². The third-order valence-corrected chi connectivity index (χ3v) is 6.97. The molecule has 0 radical (unpaired) electrons. The minimum atomic E-state index is -0.152. The van der Waals surface area contributed by atoms with E-state index in [0.29, 0.717) is 16.7 Å². The number of carbonyl (C=O) groups is 1. The fourth-order valence-electron chi connectivity index (χ4n) is 2.72. The molecule has 4 rings (SSSR count). The largest absolute Gasteiger partial charge is 0.489 e. The highest BCUT2D eigenvalue weighted by molar-refractivity contribution is 9.11. The van der Waals surface area contributed by atoms with Gasteiger partial charge < -0.3 is 10.1 Å². The standard InChI is InChI=1S/C23H15Br3N2O2S/c24-16-5-7-18(8-6-16)27-23-28-22(29)21(31-23)11-14-1-9-19(10-2-14)30-13-15-3-4-17(25)12-20(15)26/h1-12H,13H2,(H,27,28,29)/b21-11-. The van der Waals surface area contributed by atoms with Crippen molar-refractivity contribution in [3.8, 4) is 5.75 Å². The second-order valence-corrected chi connectivity index (χ2v) is 10.3. The van der Waals surface area contributed by atoms with E-state index in [-0.39, 0.29) is 5.91 Å². The summed E-state index contributed by atoms with van der Waals surface area (Å²) in [6.07, 6.45) is 1.85. The quantitative estimate of drug-likeness (QED) is 0.301. The molecule has 4 nitrogen and oxygen atoms in total. The first-order chi connectivity index (χ1) is 15.0. The maximum Gasteiger partial charge on any atom is 0.264 e. The monoisotopic (exact) mass is 620 g/mol. The van der Waals surface area contributed by atoms with Gasteiger partial charge in [0.2, 0.25) is 0 Å². The van der Waals surface area contributed by atoms with E-state index in [4.69, 9.17) is 4.74 Å². The number of nitrogens with one attached hydrogen (secondary N) is 1. The van der Waals surface area contributed by atoms with Crippen molar-refractivity contribution in [1.29, 1.82) is 0 Å². The first-order valence-electron chi connectivity index (χ1n) is 9.18. The number of carbonyl (C=O) groups excluding carboxylic acids is 1. The van der Waals surface area contributed by atoms with Gasteiger partial charge in [0.25, 0.3) is 5.91 Å². The highest BCUT2D eigenvalue weighted by atomic mass is 79.9. The van der Waals surface area contributed by atoms with Crippen LogP contribution in [0.25, 0.3) is 6.08 Å². The molecule has 1 saturated heterocycles. The normalized spacial score (nSPS) is 16.0. The molecule has 1 heterocycles. The number of hydrogen-bond donors (Lipinski definition) is 1. The molecule has 8 heteroatoms. The summed E-state index contributed by atoms with van der Waals surface area (Å²) in [5.74, 6) is 0.610. The molecule has 0 unspecified atom stereocenters. The molecular weight excluding hydrogens is 608 g/mol. The van der Waals surface area contributed by atoms with Gasteiger partial charge in [0.15, 0.2) is 5.17 Å². The Kier molecular flexibility index (Phi) is 7.32. The molecule has 31 heavy (non-hydrogen) atoms. The number of amides is 1. The number of ether oxygens (including phenoxy) is 1. The highest BCUT2D eigenvalue weighted by Crippen LogP contribution is 2.29. The Hall–Kier alpha value is -1.87. The first kappa shape index (κ1) is 22.3. The zero-order valence-electron chi connectivity index (χ0n) is 15.9. The predicted molar refractivity (Wildman–Crippen MR) is 138 cm³/mol. The van der Waals surface area contributed by atoms with Gasteiger partial charge in [0, 0.05) is 19.0 Å². The van der Waals surface area contributed by atoms with Crippen LogP contribution in [0.4, 0.5) is 5.69 Å². The number of rotatable bonds is 5. The molecule has 1 amide bonds. The lowest BCUT2D eigenvalue weighted by molar-refractivity contribution is -0.115. The van der Waals surface area contributed by atoms with Crippen molar-refractivity contribution in [3.63, 3.8) is 0 Å². The van der Waals surface area contributed by atoms with Crippen LogP contribution < -0.4 is 10.1 Å². The lowest BCUT2D eigenvalue weighted by atomic mass is 10.2. The number of benzene rings is 3. The number of amidine groups is 1. The lowest BCUT2D eigenvalue weighted by Gasteiger charge is -2.08. The van der Waals surface area contributed by atoms with E-state index in [1.165, 1.54) is 11.8 Å². The van der Waals surface area contributed by atoms with Crippen LogP contribution in [0.5, 0.6) is 5.75 Å². The summed E-state index contributed by atoms with van der Waals surface area (Å²) in [5.41, 5.74) is 2.76. The number of hydrogen-bond acceptors (Lipinski definition) is 4. The Bertz CT molecular complexity index is 1180. The van der Waals surface area contributed by atoms with Crippen molar-refractivity contribution in [3.05, 3.63) is 96.2 Å². The topological polar surface area (TPSA) is 50.7 Å². The Labute approximate surface area is 209 Å². The fourth-order valence-corrected chi connectivity index (χ4v) is 4.99. The predicted octanol–water partition coefficient (Wildman–Crippen LogP) is 7.44. The van der Waals surface area contributed by atoms with Gasteiger partial charge in [-0.1, -0.05) is 66.0 Å². The van der Waals surface area contributed by atoms with E-state index in [9.17, 15) is 4.79 Å². The van der Waals surface area contributed by atoms with Crippen molar-refractivity contribution in [1.82, 2.24) is 5.32 Å². The van der Waals surface area contributed by atoms with Crippen LogP contribution in [0.15, 0.2) is 90.0 Å². The second kappa shape index (κ2) is 10.2. The second-order valence-electron chi connectivity index (χ2n) is 6.55. The summed E-state index contributed by atoms with van der Waals surface area (Å²) in [4.78, 5) is 17.4. The van der Waals surface area contributed by atoms with Crippen LogP contribution in [-0.2, 0) is 11.4 Å². The molecule has 3 aromatic rings. The van der Waals surface area contributed by atoms with Crippen molar-refractivity contribution in [2.24, 2.45) is 4.99 Å². The van der Waals surface area contributed by atoms with Gasteiger partial charge in [-0.3, -0.25) is 4.79 Å². The SMILES string of the molecule is O=C1NC(=Nc2ccc(Br)cc2)S/C1=C\c1ccc(OCc2ccc(Br)cc2Br)cc1. The third-order valence-electron chi connectivity index (χ3n) is 4.30. The van der Waals surface area contributed by atoms with E-state index in [1.54, 1.807) is 0 Å². The molecule has 0 aromatic heterocycles. The van der Waals surface area contributed by atoms with Crippen LogP contribution in [0.3, 0.4) is 0 Å². The lowest BCUT2D eigenvalue weighted by Crippen LogP contribution is -2.19. The van der Waals surface area contributed by atoms with Gasteiger partial charge in [-0.25, -0.2) is 4.99 Å².